The third kappa shape index (κ3) is 2.80. The number of hydrogen-bond acceptors (Lipinski definition) is 5. The summed E-state index contributed by atoms with van der Waals surface area (Å²) in [7, 11) is 0. The number of fused-ring (bicyclic) bond motifs is 1. The van der Waals surface area contributed by atoms with E-state index in [2.05, 4.69) is 10.1 Å². The van der Waals surface area contributed by atoms with Crippen LogP contribution in [0.3, 0.4) is 0 Å². The minimum absolute atomic E-state index is 0.108. The van der Waals surface area contributed by atoms with E-state index < -0.39 is 0 Å². The van der Waals surface area contributed by atoms with Crippen molar-refractivity contribution in [1.82, 2.24) is 9.66 Å². The largest absolute Gasteiger partial charge is 0.507 e. The van der Waals surface area contributed by atoms with Crippen LogP contribution in [0.25, 0.3) is 21.3 Å². The fourth-order valence-electron chi connectivity index (χ4n) is 2.77. The van der Waals surface area contributed by atoms with Crippen LogP contribution in [0.5, 0.6) is 5.75 Å². The zero-order valence-corrected chi connectivity index (χ0v) is 14.8. The van der Waals surface area contributed by atoms with E-state index in [0.29, 0.717) is 21.6 Å². The average Bonchev–Trinajstić information content (AvgIpc) is 3.07. The third-order valence-corrected chi connectivity index (χ3v) is 4.95. The number of aryl methyl sites for hydroxylation is 1. The summed E-state index contributed by atoms with van der Waals surface area (Å²) in [6, 6.07) is 16.6. The van der Waals surface area contributed by atoms with Gasteiger partial charge in [0.05, 0.1) is 11.6 Å². The summed E-state index contributed by atoms with van der Waals surface area (Å²) in [4.78, 5) is 18.3. The highest BCUT2D eigenvalue weighted by atomic mass is 32.1. The molecule has 2 heterocycles. The Kier molecular flexibility index (Phi) is 4.10. The molecule has 0 unspecified atom stereocenters. The number of thiophene rings is 1. The third-order valence-electron chi connectivity index (χ3n) is 4.08. The van der Waals surface area contributed by atoms with Gasteiger partial charge in [0.1, 0.15) is 16.4 Å². The van der Waals surface area contributed by atoms with Gasteiger partial charge in [-0.1, -0.05) is 42.5 Å². The molecule has 0 fully saturated rings. The predicted molar refractivity (Wildman–Crippen MR) is 105 cm³/mol. The number of hydrogen-bond donors (Lipinski definition) is 1. The minimum Gasteiger partial charge on any atom is -0.507 e. The minimum atomic E-state index is -0.223. The molecule has 0 saturated heterocycles. The van der Waals surface area contributed by atoms with Crippen LogP contribution in [0, 0.1) is 6.92 Å². The van der Waals surface area contributed by atoms with Gasteiger partial charge >= 0.3 is 0 Å². The second kappa shape index (κ2) is 6.57. The molecule has 0 aliphatic carbocycles. The summed E-state index contributed by atoms with van der Waals surface area (Å²) < 4.78 is 1.27. The van der Waals surface area contributed by atoms with E-state index in [-0.39, 0.29) is 11.3 Å². The van der Waals surface area contributed by atoms with Crippen molar-refractivity contribution in [3.63, 3.8) is 0 Å². The van der Waals surface area contributed by atoms with Crippen LogP contribution in [0.15, 0.2) is 69.9 Å². The molecule has 0 radical (unpaired) electrons. The van der Waals surface area contributed by atoms with Crippen molar-refractivity contribution < 1.29 is 5.11 Å². The average molecular weight is 361 g/mol. The van der Waals surface area contributed by atoms with Gasteiger partial charge in [-0.2, -0.15) is 9.78 Å². The summed E-state index contributed by atoms with van der Waals surface area (Å²) in [6.07, 6.45) is 1.46. The smallest absolute Gasteiger partial charge is 0.283 e. The maximum atomic E-state index is 13.1. The first-order chi connectivity index (χ1) is 12.6. The number of aromatic nitrogens is 2. The van der Waals surface area contributed by atoms with Gasteiger partial charge in [-0.3, -0.25) is 4.79 Å². The first-order valence-corrected chi connectivity index (χ1v) is 8.92. The van der Waals surface area contributed by atoms with E-state index in [0.717, 1.165) is 11.1 Å². The monoisotopic (exact) mass is 361 g/mol. The van der Waals surface area contributed by atoms with Gasteiger partial charge in [0.25, 0.3) is 5.56 Å². The van der Waals surface area contributed by atoms with Gasteiger partial charge in [0.15, 0.2) is 0 Å². The maximum absolute atomic E-state index is 13.1. The van der Waals surface area contributed by atoms with Crippen LogP contribution in [0.2, 0.25) is 0 Å². The normalized spacial score (nSPS) is 11.4. The zero-order chi connectivity index (χ0) is 18.1. The van der Waals surface area contributed by atoms with Gasteiger partial charge in [-0.05, 0) is 24.6 Å². The molecule has 0 saturated carbocycles. The number of nitrogens with zero attached hydrogens (tertiary/aromatic N) is 3. The molecule has 128 valence electrons. The molecule has 2 aromatic carbocycles. The highest BCUT2D eigenvalue weighted by Gasteiger charge is 2.15. The van der Waals surface area contributed by atoms with Crippen molar-refractivity contribution in [2.75, 3.05) is 0 Å². The SMILES string of the molecule is Cc1nc2scc(-c3ccccc3)c2c(=O)n1/N=C\c1ccccc1O. The Balaban J connectivity index is 1.89. The summed E-state index contributed by atoms with van der Waals surface area (Å²) in [6.45, 7) is 1.74. The second-order valence-electron chi connectivity index (χ2n) is 5.77. The molecule has 0 atom stereocenters. The highest BCUT2D eigenvalue weighted by Crippen LogP contribution is 2.30. The van der Waals surface area contributed by atoms with Crippen LogP contribution in [-0.2, 0) is 0 Å². The Labute approximate surface area is 153 Å². The van der Waals surface area contributed by atoms with Gasteiger partial charge in [-0.25, -0.2) is 4.98 Å². The molecule has 0 amide bonds. The molecule has 2 aromatic heterocycles. The first-order valence-electron chi connectivity index (χ1n) is 8.04. The molecule has 0 aliphatic heterocycles. The second-order valence-corrected chi connectivity index (χ2v) is 6.63. The fraction of sp³-hybridized carbons (Fsp3) is 0.0500. The van der Waals surface area contributed by atoms with Crippen LogP contribution >= 0.6 is 11.3 Å². The molecule has 0 spiro atoms. The van der Waals surface area contributed by atoms with Crippen LogP contribution in [-0.4, -0.2) is 21.0 Å². The van der Waals surface area contributed by atoms with Crippen molar-refractivity contribution in [2.45, 2.75) is 6.92 Å². The summed E-state index contributed by atoms with van der Waals surface area (Å²) in [5.41, 5.74) is 2.14. The first kappa shape index (κ1) is 16.2. The molecular formula is C20H15N3O2S. The van der Waals surface area contributed by atoms with Crippen molar-refractivity contribution >= 4 is 27.8 Å². The molecule has 0 aliphatic rings. The summed E-state index contributed by atoms with van der Waals surface area (Å²) in [5, 5.41) is 16.6. The molecule has 0 bridgehead atoms. The molecule has 6 heteroatoms. The lowest BCUT2D eigenvalue weighted by Gasteiger charge is -2.05. The van der Waals surface area contributed by atoms with Gasteiger partial charge < -0.3 is 5.11 Å². The number of phenolic OH excluding ortho intramolecular Hbond substituents is 1. The number of benzene rings is 2. The van der Waals surface area contributed by atoms with Crippen molar-refractivity contribution in [2.24, 2.45) is 5.10 Å². The van der Waals surface area contributed by atoms with Gasteiger partial charge in [0, 0.05) is 16.5 Å². The lowest BCUT2D eigenvalue weighted by molar-refractivity contribution is 0.474. The van der Waals surface area contributed by atoms with Crippen molar-refractivity contribution in [1.29, 1.82) is 0 Å². The molecule has 4 rings (SSSR count). The Bertz CT molecular complexity index is 1180. The Morgan fingerprint density at radius 2 is 1.85 bits per heavy atom. The fourth-order valence-corrected chi connectivity index (χ4v) is 3.75. The molecule has 1 N–H and O–H groups in total. The van der Waals surface area contributed by atoms with E-state index in [1.165, 1.54) is 22.2 Å². The Morgan fingerprint density at radius 3 is 2.62 bits per heavy atom. The van der Waals surface area contributed by atoms with Crippen LogP contribution in [0.4, 0.5) is 0 Å². The van der Waals surface area contributed by atoms with Crippen molar-refractivity contribution in [3.8, 4) is 16.9 Å². The molecular weight excluding hydrogens is 346 g/mol. The zero-order valence-electron chi connectivity index (χ0n) is 14.0. The van der Waals surface area contributed by atoms with Gasteiger partial charge in [-0.15, -0.1) is 11.3 Å². The Hall–Kier alpha value is -3.25. The summed E-state index contributed by atoms with van der Waals surface area (Å²) in [5.74, 6) is 0.604. The van der Waals surface area contributed by atoms with E-state index in [4.69, 9.17) is 0 Å². The Morgan fingerprint density at radius 1 is 1.12 bits per heavy atom. The van der Waals surface area contributed by atoms with Crippen molar-refractivity contribution in [3.05, 3.63) is 81.7 Å². The molecule has 4 aromatic rings. The number of rotatable bonds is 3. The molecule has 5 nitrogen and oxygen atoms in total. The quantitative estimate of drug-likeness (QED) is 0.560. The van der Waals surface area contributed by atoms with Gasteiger partial charge in [0.2, 0.25) is 0 Å². The van der Waals surface area contributed by atoms with E-state index >= 15 is 0 Å². The van der Waals surface area contributed by atoms with Crippen LogP contribution < -0.4 is 5.56 Å². The predicted octanol–water partition coefficient (Wildman–Crippen LogP) is 4.02. The van der Waals surface area contributed by atoms with Crippen LogP contribution in [0.1, 0.15) is 11.4 Å². The van der Waals surface area contributed by atoms with E-state index in [9.17, 15) is 9.90 Å². The number of aromatic hydroxyl groups is 1. The number of phenols is 1. The summed E-state index contributed by atoms with van der Waals surface area (Å²) >= 11 is 1.45. The van der Waals surface area contributed by atoms with E-state index in [1.54, 1.807) is 31.2 Å². The maximum Gasteiger partial charge on any atom is 0.283 e. The topological polar surface area (TPSA) is 67.5 Å². The lowest BCUT2D eigenvalue weighted by Crippen LogP contribution is -2.20. The highest BCUT2D eigenvalue weighted by molar-refractivity contribution is 7.17. The standard InChI is InChI=1S/C20H15N3O2S/c1-13-22-19-18(16(12-26-19)14-7-3-2-4-8-14)20(25)23(13)21-11-15-9-5-6-10-17(15)24/h2-12,24H,1H3/b21-11-. The molecule has 26 heavy (non-hydrogen) atoms. The lowest BCUT2D eigenvalue weighted by atomic mass is 10.1. The number of para-hydroxylation sites is 1. The van der Waals surface area contributed by atoms with E-state index in [1.807, 2.05) is 35.7 Å².